The van der Waals surface area contributed by atoms with Gasteiger partial charge in [-0.3, -0.25) is 4.79 Å². The topological polar surface area (TPSA) is 54.5 Å². The summed E-state index contributed by atoms with van der Waals surface area (Å²) in [5.74, 6) is -0.938. The Bertz CT molecular complexity index is 700. The Balaban J connectivity index is 2.32. The molecular weight excluding hydrogens is 317 g/mol. The molecule has 7 heteroatoms. The Labute approximate surface area is 128 Å². The molecular formula is C14H17ClFNO3S. The van der Waals surface area contributed by atoms with Gasteiger partial charge >= 0.3 is 0 Å². The molecule has 0 radical (unpaired) electrons. The van der Waals surface area contributed by atoms with E-state index in [0.717, 1.165) is 11.8 Å². The second kappa shape index (κ2) is 5.25. The summed E-state index contributed by atoms with van der Waals surface area (Å²) < 4.78 is 35.4. The zero-order valence-corrected chi connectivity index (χ0v) is 13.7. The summed E-state index contributed by atoms with van der Waals surface area (Å²) in [6, 6.07) is 2.59. The first kappa shape index (κ1) is 16.2. The highest BCUT2D eigenvalue weighted by atomic mass is 35.5. The van der Waals surface area contributed by atoms with Crippen LogP contribution in [0.1, 0.15) is 25.0 Å². The van der Waals surface area contributed by atoms with Crippen molar-refractivity contribution in [3.8, 4) is 0 Å². The molecule has 0 atom stereocenters. The predicted octanol–water partition coefficient (Wildman–Crippen LogP) is 2.19. The van der Waals surface area contributed by atoms with Crippen molar-refractivity contribution in [2.24, 2.45) is 0 Å². The Morgan fingerprint density at radius 3 is 2.57 bits per heavy atom. The van der Waals surface area contributed by atoms with E-state index in [1.165, 1.54) is 30.9 Å². The van der Waals surface area contributed by atoms with Gasteiger partial charge in [0.05, 0.1) is 0 Å². The van der Waals surface area contributed by atoms with Gasteiger partial charge in [0.2, 0.25) is 5.91 Å². The van der Waals surface area contributed by atoms with Gasteiger partial charge in [-0.1, -0.05) is 11.6 Å². The van der Waals surface area contributed by atoms with Crippen molar-refractivity contribution in [3.63, 3.8) is 0 Å². The number of amides is 1. The molecule has 0 aromatic heterocycles. The lowest BCUT2D eigenvalue weighted by Crippen LogP contribution is -2.51. The first-order chi connectivity index (χ1) is 9.54. The zero-order valence-electron chi connectivity index (χ0n) is 12.1. The molecule has 0 saturated carbocycles. The van der Waals surface area contributed by atoms with Crippen molar-refractivity contribution in [2.75, 3.05) is 12.8 Å². The molecule has 21 heavy (non-hydrogen) atoms. The van der Waals surface area contributed by atoms with Crippen molar-refractivity contribution >= 4 is 27.3 Å². The number of hydrogen-bond donors (Lipinski definition) is 0. The number of nitrogens with zero attached hydrogens (tertiary/aromatic N) is 1. The molecule has 1 aromatic carbocycles. The minimum Gasteiger partial charge on any atom is -0.337 e. The summed E-state index contributed by atoms with van der Waals surface area (Å²) in [5.41, 5.74) is 1.45. The molecule has 1 heterocycles. The summed E-state index contributed by atoms with van der Waals surface area (Å²) in [5, 5.41) is 0.347. The summed E-state index contributed by atoms with van der Waals surface area (Å²) in [4.78, 5) is 13.9. The Hall–Kier alpha value is -1.14. The van der Waals surface area contributed by atoms with Crippen LogP contribution in [-0.2, 0) is 27.6 Å². The van der Waals surface area contributed by atoms with Crippen molar-refractivity contribution in [1.82, 2.24) is 4.90 Å². The van der Waals surface area contributed by atoms with Crippen molar-refractivity contribution in [3.05, 3.63) is 34.1 Å². The van der Waals surface area contributed by atoms with Gasteiger partial charge in [0.15, 0.2) is 9.84 Å². The lowest BCUT2D eigenvalue weighted by molar-refractivity contribution is -0.134. The molecule has 0 N–H and O–H groups in total. The zero-order chi connectivity index (χ0) is 16.0. The Kier molecular flexibility index (Phi) is 4.06. The Morgan fingerprint density at radius 1 is 1.38 bits per heavy atom. The van der Waals surface area contributed by atoms with Gasteiger partial charge in [-0.2, -0.15) is 0 Å². The fraction of sp³-hybridized carbons (Fsp3) is 0.500. The van der Waals surface area contributed by atoms with Gasteiger partial charge in [-0.25, -0.2) is 12.8 Å². The van der Waals surface area contributed by atoms with E-state index in [4.69, 9.17) is 11.6 Å². The third kappa shape index (κ3) is 2.92. The minimum absolute atomic E-state index is 0.171. The van der Waals surface area contributed by atoms with Crippen molar-refractivity contribution in [1.29, 1.82) is 0 Å². The quantitative estimate of drug-likeness (QED) is 0.833. The fourth-order valence-electron chi connectivity index (χ4n) is 2.32. The highest BCUT2D eigenvalue weighted by molar-refractivity contribution is 7.92. The molecule has 1 amide bonds. The van der Waals surface area contributed by atoms with Crippen LogP contribution in [0.2, 0.25) is 5.02 Å². The SMILES string of the molecule is CC(C)(C(=O)N1CCc2c(Cl)cc(F)cc2C1)S(C)(=O)=O. The van der Waals surface area contributed by atoms with Gasteiger partial charge in [0.1, 0.15) is 10.6 Å². The second-order valence-electron chi connectivity index (χ2n) is 5.78. The van der Waals surface area contributed by atoms with Crippen LogP contribution in [0.25, 0.3) is 0 Å². The second-order valence-corrected chi connectivity index (χ2v) is 8.76. The van der Waals surface area contributed by atoms with Gasteiger partial charge < -0.3 is 4.90 Å². The van der Waals surface area contributed by atoms with E-state index < -0.39 is 26.3 Å². The molecule has 116 valence electrons. The molecule has 1 aromatic rings. The monoisotopic (exact) mass is 333 g/mol. The first-order valence-corrected chi connectivity index (χ1v) is 8.77. The van der Waals surface area contributed by atoms with E-state index in [9.17, 15) is 17.6 Å². The fourth-order valence-corrected chi connectivity index (χ4v) is 3.09. The lowest BCUT2D eigenvalue weighted by atomic mass is 9.98. The number of hydrogen-bond acceptors (Lipinski definition) is 3. The number of rotatable bonds is 2. The van der Waals surface area contributed by atoms with E-state index in [0.29, 0.717) is 23.6 Å². The maximum absolute atomic E-state index is 13.4. The maximum atomic E-state index is 13.4. The van der Waals surface area contributed by atoms with Crippen LogP contribution in [0.4, 0.5) is 4.39 Å². The average molecular weight is 334 g/mol. The lowest BCUT2D eigenvalue weighted by Gasteiger charge is -2.34. The highest BCUT2D eigenvalue weighted by Crippen LogP contribution is 2.29. The smallest absolute Gasteiger partial charge is 0.243 e. The largest absolute Gasteiger partial charge is 0.337 e. The first-order valence-electron chi connectivity index (χ1n) is 6.50. The molecule has 0 saturated heterocycles. The highest BCUT2D eigenvalue weighted by Gasteiger charge is 2.42. The van der Waals surface area contributed by atoms with E-state index in [-0.39, 0.29) is 6.54 Å². The Morgan fingerprint density at radius 2 is 2.00 bits per heavy atom. The summed E-state index contributed by atoms with van der Waals surface area (Å²) >= 11 is 6.00. The molecule has 2 rings (SSSR count). The van der Waals surface area contributed by atoms with Crippen LogP contribution in [0.3, 0.4) is 0 Å². The minimum atomic E-state index is -3.54. The van der Waals surface area contributed by atoms with E-state index >= 15 is 0 Å². The van der Waals surface area contributed by atoms with Crippen LogP contribution in [0, 0.1) is 5.82 Å². The molecule has 0 aliphatic carbocycles. The standard InChI is InChI=1S/C14H17ClFNO3S/c1-14(2,21(3,19)20)13(18)17-5-4-11-9(8-17)6-10(16)7-12(11)15/h6-7H,4-5,8H2,1-3H3. The summed E-state index contributed by atoms with van der Waals surface area (Å²) in [7, 11) is -3.54. The predicted molar refractivity (Wildman–Crippen MR) is 79.5 cm³/mol. The van der Waals surface area contributed by atoms with Gasteiger partial charge in [-0.15, -0.1) is 0 Å². The van der Waals surface area contributed by atoms with Crippen LogP contribution in [0.5, 0.6) is 0 Å². The van der Waals surface area contributed by atoms with Crippen LogP contribution in [-0.4, -0.2) is 36.8 Å². The molecule has 0 fully saturated rings. The molecule has 1 aliphatic rings. The van der Waals surface area contributed by atoms with E-state index in [1.807, 2.05) is 0 Å². The van der Waals surface area contributed by atoms with E-state index in [2.05, 4.69) is 0 Å². The van der Waals surface area contributed by atoms with Crippen LogP contribution >= 0.6 is 11.6 Å². The van der Waals surface area contributed by atoms with Crippen molar-refractivity contribution in [2.45, 2.75) is 31.6 Å². The number of carbonyl (C=O) groups is 1. The normalized spacial score (nSPS) is 15.8. The maximum Gasteiger partial charge on any atom is 0.243 e. The number of fused-ring (bicyclic) bond motifs is 1. The van der Waals surface area contributed by atoms with Crippen LogP contribution in [0.15, 0.2) is 12.1 Å². The van der Waals surface area contributed by atoms with Gasteiger partial charge in [0.25, 0.3) is 0 Å². The molecule has 0 unspecified atom stereocenters. The summed E-state index contributed by atoms with van der Waals surface area (Å²) in [6.45, 7) is 3.32. The number of sulfone groups is 1. The molecule has 4 nitrogen and oxygen atoms in total. The van der Waals surface area contributed by atoms with Gasteiger partial charge in [0, 0.05) is 24.4 Å². The van der Waals surface area contributed by atoms with Crippen LogP contribution < -0.4 is 0 Å². The third-order valence-electron chi connectivity index (χ3n) is 3.97. The van der Waals surface area contributed by atoms with Gasteiger partial charge in [-0.05, 0) is 43.5 Å². The van der Waals surface area contributed by atoms with Crippen molar-refractivity contribution < 1.29 is 17.6 Å². The molecule has 0 spiro atoms. The molecule has 0 bridgehead atoms. The average Bonchev–Trinajstić information content (AvgIpc) is 2.35. The number of carbonyl (C=O) groups excluding carboxylic acids is 1. The molecule has 1 aliphatic heterocycles. The number of benzene rings is 1. The third-order valence-corrected chi connectivity index (χ3v) is 6.34. The number of halogens is 2. The van der Waals surface area contributed by atoms with E-state index in [1.54, 1.807) is 0 Å². The summed E-state index contributed by atoms with van der Waals surface area (Å²) in [6.07, 6.45) is 1.53.